The number of benzene rings is 2. The summed E-state index contributed by atoms with van der Waals surface area (Å²) in [5.74, 6) is 0. The Hall–Kier alpha value is -2.47. The largest absolute Gasteiger partial charge is 0.399 e. The van der Waals surface area contributed by atoms with Crippen molar-refractivity contribution in [1.82, 2.24) is 0 Å². The van der Waals surface area contributed by atoms with Crippen LogP contribution in [0.25, 0.3) is 0 Å². The highest BCUT2D eigenvalue weighted by Crippen LogP contribution is 2.24. The van der Waals surface area contributed by atoms with Gasteiger partial charge < -0.3 is 10.6 Å². The third-order valence-electron chi connectivity index (χ3n) is 3.46. The quantitative estimate of drug-likeness (QED) is 0.845. The molecule has 0 saturated carbocycles. The number of hydrogen-bond acceptors (Lipinski definition) is 3. The second kappa shape index (κ2) is 6.81. The van der Waals surface area contributed by atoms with E-state index in [0.29, 0.717) is 0 Å². The number of nitrogens with zero attached hydrogens (tertiary/aromatic N) is 2. The molecule has 0 aromatic heterocycles. The Morgan fingerprint density at radius 1 is 1.14 bits per heavy atom. The predicted octanol–water partition coefficient (Wildman–Crippen LogP) is 3.87. The van der Waals surface area contributed by atoms with Gasteiger partial charge in [0, 0.05) is 18.8 Å². The highest BCUT2D eigenvalue weighted by molar-refractivity contribution is 5.60. The summed E-state index contributed by atoms with van der Waals surface area (Å²) < 4.78 is 0. The number of rotatable bonds is 5. The Labute approximate surface area is 126 Å². The molecule has 0 atom stereocenters. The van der Waals surface area contributed by atoms with Crippen molar-refractivity contribution >= 4 is 11.4 Å². The van der Waals surface area contributed by atoms with Gasteiger partial charge in [-0.2, -0.15) is 5.26 Å². The summed E-state index contributed by atoms with van der Waals surface area (Å²) in [5, 5.41) is 9.37. The summed E-state index contributed by atoms with van der Waals surface area (Å²) in [6.07, 6.45) is 1.04. The topological polar surface area (TPSA) is 53.0 Å². The van der Waals surface area contributed by atoms with E-state index in [9.17, 15) is 5.26 Å². The Bertz CT molecular complexity index is 639. The molecule has 2 aromatic rings. The van der Waals surface area contributed by atoms with Crippen LogP contribution >= 0.6 is 0 Å². The van der Waals surface area contributed by atoms with Crippen LogP contribution in [-0.4, -0.2) is 6.54 Å². The van der Waals surface area contributed by atoms with E-state index >= 15 is 0 Å². The lowest BCUT2D eigenvalue weighted by atomic mass is 10.1. The summed E-state index contributed by atoms with van der Waals surface area (Å²) in [7, 11) is 0. The third-order valence-corrected chi connectivity index (χ3v) is 3.46. The first kappa shape index (κ1) is 14.9. The smallest absolute Gasteiger partial charge is 0.101 e. The van der Waals surface area contributed by atoms with Gasteiger partial charge in [-0.3, -0.25) is 0 Å². The van der Waals surface area contributed by atoms with Gasteiger partial charge in [0.25, 0.3) is 0 Å². The number of anilines is 2. The molecule has 0 saturated heterocycles. The minimum Gasteiger partial charge on any atom is -0.399 e. The van der Waals surface area contributed by atoms with Crippen molar-refractivity contribution in [3.63, 3.8) is 0 Å². The molecule has 0 aliphatic carbocycles. The van der Waals surface area contributed by atoms with Crippen molar-refractivity contribution in [2.24, 2.45) is 0 Å². The van der Waals surface area contributed by atoms with E-state index in [1.54, 1.807) is 0 Å². The molecule has 21 heavy (non-hydrogen) atoms. The lowest BCUT2D eigenvalue weighted by molar-refractivity contribution is 0.766. The fourth-order valence-corrected chi connectivity index (χ4v) is 2.41. The van der Waals surface area contributed by atoms with Crippen molar-refractivity contribution in [2.45, 2.75) is 26.8 Å². The maximum atomic E-state index is 9.37. The van der Waals surface area contributed by atoms with Gasteiger partial charge in [0.2, 0.25) is 0 Å². The van der Waals surface area contributed by atoms with Gasteiger partial charge in [-0.05, 0) is 48.7 Å². The van der Waals surface area contributed by atoms with E-state index in [4.69, 9.17) is 5.73 Å². The van der Waals surface area contributed by atoms with Crippen LogP contribution in [-0.2, 0) is 6.54 Å². The second-order valence-corrected chi connectivity index (χ2v) is 5.30. The summed E-state index contributed by atoms with van der Waals surface area (Å²) in [6.45, 7) is 5.86. The van der Waals surface area contributed by atoms with Gasteiger partial charge >= 0.3 is 0 Å². The third kappa shape index (κ3) is 3.76. The van der Waals surface area contributed by atoms with Crippen molar-refractivity contribution in [3.05, 3.63) is 59.2 Å². The average Bonchev–Trinajstić information content (AvgIpc) is 2.49. The fourth-order valence-electron chi connectivity index (χ4n) is 2.41. The van der Waals surface area contributed by atoms with Gasteiger partial charge in [0.1, 0.15) is 6.07 Å². The first-order valence-corrected chi connectivity index (χ1v) is 7.24. The fraction of sp³-hybridized carbons (Fsp3) is 0.278. The van der Waals surface area contributed by atoms with Crippen molar-refractivity contribution in [1.29, 1.82) is 5.26 Å². The summed E-state index contributed by atoms with van der Waals surface area (Å²) in [4.78, 5) is 2.25. The number of nitrogens with two attached hydrogens (primary N) is 1. The average molecular weight is 279 g/mol. The van der Waals surface area contributed by atoms with Crippen molar-refractivity contribution < 1.29 is 0 Å². The van der Waals surface area contributed by atoms with Gasteiger partial charge in [0.15, 0.2) is 0 Å². The summed E-state index contributed by atoms with van der Waals surface area (Å²) in [6, 6.07) is 16.3. The Balaban J connectivity index is 2.31. The van der Waals surface area contributed by atoms with Crippen LogP contribution in [0.3, 0.4) is 0 Å². The minimum atomic E-state index is 0.735. The standard InChI is InChI=1S/C18H21N3/c1-3-10-21(13-15-5-7-17(20)8-6-15)18-9-4-14(2)11-16(18)12-19/h4-9,11H,3,10,13,20H2,1-2H3. The number of aryl methyl sites for hydroxylation is 1. The lowest BCUT2D eigenvalue weighted by Crippen LogP contribution is -2.24. The van der Waals surface area contributed by atoms with Gasteiger partial charge in [0.05, 0.1) is 11.3 Å². The Morgan fingerprint density at radius 3 is 2.48 bits per heavy atom. The molecule has 0 bridgehead atoms. The van der Waals surface area contributed by atoms with Gasteiger partial charge in [-0.25, -0.2) is 0 Å². The zero-order valence-electron chi connectivity index (χ0n) is 12.6. The zero-order chi connectivity index (χ0) is 15.2. The van der Waals surface area contributed by atoms with E-state index in [1.165, 1.54) is 5.56 Å². The van der Waals surface area contributed by atoms with Crippen LogP contribution in [0.2, 0.25) is 0 Å². The molecule has 2 N–H and O–H groups in total. The molecule has 0 aliphatic heterocycles. The maximum absolute atomic E-state index is 9.37. The lowest BCUT2D eigenvalue weighted by Gasteiger charge is -2.25. The van der Waals surface area contributed by atoms with Gasteiger partial charge in [-0.1, -0.05) is 25.1 Å². The summed E-state index contributed by atoms with van der Waals surface area (Å²) in [5.41, 5.74) is 10.5. The molecule has 2 aromatic carbocycles. The van der Waals surface area contributed by atoms with Crippen molar-refractivity contribution in [3.8, 4) is 6.07 Å². The van der Waals surface area contributed by atoms with E-state index in [0.717, 1.165) is 42.0 Å². The zero-order valence-corrected chi connectivity index (χ0v) is 12.6. The van der Waals surface area contributed by atoms with Crippen LogP contribution in [0.4, 0.5) is 11.4 Å². The molecule has 0 spiro atoms. The van der Waals surface area contributed by atoms with Crippen LogP contribution < -0.4 is 10.6 Å². The summed E-state index contributed by atoms with van der Waals surface area (Å²) >= 11 is 0. The molecular formula is C18H21N3. The highest BCUT2D eigenvalue weighted by atomic mass is 15.1. The molecule has 2 rings (SSSR count). The molecule has 3 heteroatoms. The van der Waals surface area contributed by atoms with E-state index in [2.05, 4.69) is 24.0 Å². The van der Waals surface area contributed by atoms with E-state index in [-0.39, 0.29) is 0 Å². The normalized spacial score (nSPS) is 10.1. The maximum Gasteiger partial charge on any atom is 0.101 e. The van der Waals surface area contributed by atoms with Crippen LogP contribution in [0, 0.1) is 18.3 Å². The second-order valence-electron chi connectivity index (χ2n) is 5.30. The first-order chi connectivity index (χ1) is 10.1. The molecule has 0 fully saturated rings. The van der Waals surface area contributed by atoms with Crippen molar-refractivity contribution in [2.75, 3.05) is 17.2 Å². The molecule has 0 radical (unpaired) electrons. The molecule has 3 nitrogen and oxygen atoms in total. The Morgan fingerprint density at radius 2 is 1.86 bits per heavy atom. The minimum absolute atomic E-state index is 0.735. The van der Waals surface area contributed by atoms with Gasteiger partial charge in [-0.15, -0.1) is 0 Å². The molecule has 0 aliphatic rings. The highest BCUT2D eigenvalue weighted by Gasteiger charge is 2.11. The Kier molecular flexibility index (Phi) is 4.84. The number of nitriles is 1. The SMILES string of the molecule is CCCN(Cc1ccc(N)cc1)c1ccc(C)cc1C#N. The molecular weight excluding hydrogens is 258 g/mol. The van der Waals surface area contributed by atoms with E-state index in [1.807, 2.05) is 43.3 Å². The molecule has 0 amide bonds. The van der Waals surface area contributed by atoms with Crippen LogP contribution in [0.1, 0.15) is 30.0 Å². The van der Waals surface area contributed by atoms with Crippen LogP contribution in [0.5, 0.6) is 0 Å². The first-order valence-electron chi connectivity index (χ1n) is 7.24. The van der Waals surface area contributed by atoms with Crippen LogP contribution in [0.15, 0.2) is 42.5 Å². The van der Waals surface area contributed by atoms with E-state index < -0.39 is 0 Å². The number of hydrogen-bond donors (Lipinski definition) is 1. The molecule has 0 heterocycles. The molecule has 0 unspecified atom stereocenters. The predicted molar refractivity (Wildman–Crippen MR) is 88.1 cm³/mol. The molecule has 108 valence electrons. The monoisotopic (exact) mass is 279 g/mol. The number of nitrogen functional groups attached to an aromatic ring is 1.